The lowest BCUT2D eigenvalue weighted by Crippen LogP contribution is -2.57. The second-order valence-electron chi connectivity index (χ2n) is 10.9. The first kappa shape index (κ1) is 22.0. The number of halogens is 1. The van der Waals surface area contributed by atoms with Crippen molar-refractivity contribution in [2.75, 3.05) is 13.1 Å². The summed E-state index contributed by atoms with van der Waals surface area (Å²) in [6, 6.07) is 7.80. The third kappa shape index (κ3) is 3.52. The van der Waals surface area contributed by atoms with E-state index in [1.165, 1.54) is 25.0 Å². The van der Waals surface area contributed by atoms with E-state index in [-0.39, 0.29) is 47.8 Å². The Morgan fingerprint density at radius 3 is 2.59 bits per heavy atom. The highest BCUT2D eigenvalue weighted by molar-refractivity contribution is 5.87. The summed E-state index contributed by atoms with van der Waals surface area (Å²) in [5.74, 6) is 0.546. The summed E-state index contributed by atoms with van der Waals surface area (Å²) in [6.07, 6.45) is 7.00. The summed E-state index contributed by atoms with van der Waals surface area (Å²) in [6.45, 7) is 1.05. The van der Waals surface area contributed by atoms with Crippen molar-refractivity contribution in [3.8, 4) is 6.07 Å². The molecule has 6 rings (SSSR count). The maximum atomic E-state index is 13.6. The van der Waals surface area contributed by atoms with Gasteiger partial charge in [0.25, 0.3) is 0 Å². The molecule has 7 nitrogen and oxygen atoms in total. The number of likely N-dealkylation sites (tertiary alicyclic amines) is 3. The van der Waals surface area contributed by atoms with Gasteiger partial charge < -0.3 is 15.5 Å². The Bertz CT molecular complexity index is 1020. The van der Waals surface area contributed by atoms with Crippen LogP contribution in [0, 0.1) is 29.0 Å². The van der Waals surface area contributed by atoms with Crippen LogP contribution in [0.15, 0.2) is 24.3 Å². The predicted molar refractivity (Wildman–Crippen MR) is 122 cm³/mol. The standard InChI is InChI=1S/C26H32FN5O2/c27-18-7-5-16(6-8-18)24(15-3-1-2-4-15)32-20-11-23(26(32)34)30(13-20)14-21(29)25(33)31-19(12-28)9-17-10-22(17)31/h5-8,15,17,19-24H,1-4,9-11,13-14,29H2/t17-,19+,20-,21+,22?,23-,24-/m1/s1. The quantitative estimate of drug-likeness (QED) is 0.695. The van der Waals surface area contributed by atoms with Gasteiger partial charge in [0.2, 0.25) is 11.8 Å². The van der Waals surface area contributed by atoms with Crippen LogP contribution in [0.3, 0.4) is 0 Å². The average Bonchev–Trinajstić information content (AvgIpc) is 3.25. The van der Waals surface area contributed by atoms with Crippen LogP contribution in [0.5, 0.6) is 0 Å². The maximum absolute atomic E-state index is 13.6. The van der Waals surface area contributed by atoms with Crippen LogP contribution in [0.2, 0.25) is 0 Å². The first-order chi connectivity index (χ1) is 16.5. The average molecular weight is 466 g/mol. The fraction of sp³-hybridized carbons (Fsp3) is 0.654. The summed E-state index contributed by atoms with van der Waals surface area (Å²) in [7, 11) is 0. The number of amides is 2. The highest BCUT2D eigenvalue weighted by atomic mass is 19.1. The van der Waals surface area contributed by atoms with Gasteiger partial charge >= 0.3 is 0 Å². The molecule has 3 aliphatic heterocycles. The molecule has 8 heteroatoms. The number of benzene rings is 1. The minimum atomic E-state index is -0.724. The first-order valence-electron chi connectivity index (χ1n) is 12.8. The van der Waals surface area contributed by atoms with Gasteiger partial charge in [0.15, 0.2) is 0 Å². The second kappa shape index (κ2) is 8.31. The van der Waals surface area contributed by atoms with E-state index in [4.69, 9.17) is 5.73 Å². The van der Waals surface area contributed by atoms with Crippen LogP contribution >= 0.6 is 0 Å². The fourth-order valence-electron chi connectivity index (χ4n) is 7.26. The largest absolute Gasteiger partial charge is 0.330 e. The molecule has 1 aromatic rings. The lowest BCUT2D eigenvalue weighted by Gasteiger charge is -2.42. The van der Waals surface area contributed by atoms with E-state index in [1.54, 1.807) is 4.90 Å². The molecular weight excluding hydrogens is 433 g/mol. The normalized spacial score (nSPS) is 34.4. The van der Waals surface area contributed by atoms with Crippen LogP contribution < -0.4 is 5.73 Å². The number of carbonyl (C=O) groups is 2. The third-order valence-electron chi connectivity index (χ3n) is 8.93. The number of nitrogens with two attached hydrogens (primary N) is 1. The fourth-order valence-corrected chi connectivity index (χ4v) is 7.26. The van der Waals surface area contributed by atoms with Crippen molar-refractivity contribution < 1.29 is 14.0 Å². The molecule has 0 aromatic heterocycles. The van der Waals surface area contributed by atoms with Gasteiger partial charge in [0, 0.05) is 25.2 Å². The number of nitriles is 1. The SMILES string of the molecule is N#C[C@@H]1C[C@@H]2CC2N1C(=O)[C@@H](N)CN1C[C@H]2C[C@@H]1C(=O)N2[C@@H](c1ccc(F)cc1)C1CCCC1. The molecule has 3 saturated heterocycles. The predicted octanol–water partition coefficient (Wildman–Crippen LogP) is 2.18. The number of hydrogen-bond acceptors (Lipinski definition) is 5. The molecule has 2 amide bonds. The Balaban J connectivity index is 1.16. The van der Waals surface area contributed by atoms with E-state index >= 15 is 0 Å². The molecular formula is C26H32FN5O2. The Morgan fingerprint density at radius 1 is 1.18 bits per heavy atom. The van der Waals surface area contributed by atoms with Crippen molar-refractivity contribution in [2.24, 2.45) is 17.6 Å². The zero-order chi connectivity index (χ0) is 23.6. The zero-order valence-electron chi connectivity index (χ0n) is 19.4. The minimum Gasteiger partial charge on any atom is -0.330 e. The molecule has 34 heavy (non-hydrogen) atoms. The van der Waals surface area contributed by atoms with Crippen LogP contribution in [0.1, 0.15) is 56.6 Å². The van der Waals surface area contributed by atoms with E-state index in [1.807, 2.05) is 12.1 Å². The first-order valence-corrected chi connectivity index (χ1v) is 12.8. The molecule has 1 aromatic carbocycles. The monoisotopic (exact) mass is 465 g/mol. The highest BCUT2D eigenvalue weighted by Crippen LogP contribution is 2.48. The molecule has 3 heterocycles. The number of carbonyl (C=O) groups excluding carboxylic acids is 2. The molecule has 0 radical (unpaired) electrons. The summed E-state index contributed by atoms with van der Waals surface area (Å²) in [4.78, 5) is 32.5. The van der Waals surface area contributed by atoms with E-state index in [0.29, 0.717) is 24.9 Å². The molecule has 2 saturated carbocycles. The lowest BCUT2D eigenvalue weighted by atomic mass is 9.89. The van der Waals surface area contributed by atoms with Gasteiger partial charge in [-0.15, -0.1) is 0 Å². The summed E-state index contributed by atoms with van der Waals surface area (Å²) >= 11 is 0. The summed E-state index contributed by atoms with van der Waals surface area (Å²) in [5, 5.41) is 9.42. The molecule has 2 aliphatic carbocycles. The summed E-state index contributed by atoms with van der Waals surface area (Å²) < 4.78 is 13.6. The van der Waals surface area contributed by atoms with Crippen LogP contribution in [-0.4, -0.2) is 69.8 Å². The smallest absolute Gasteiger partial charge is 0.242 e. The number of rotatable bonds is 6. The van der Waals surface area contributed by atoms with Gasteiger partial charge in [-0.2, -0.15) is 5.26 Å². The number of nitrogens with zero attached hydrogens (tertiary/aromatic N) is 4. The number of hydrogen-bond donors (Lipinski definition) is 1. The number of fused-ring (bicyclic) bond motifs is 3. The van der Waals surface area contributed by atoms with Crippen molar-refractivity contribution >= 4 is 11.8 Å². The molecule has 2 bridgehead atoms. The maximum Gasteiger partial charge on any atom is 0.242 e. The van der Waals surface area contributed by atoms with Crippen LogP contribution in [0.4, 0.5) is 4.39 Å². The Morgan fingerprint density at radius 2 is 1.91 bits per heavy atom. The van der Waals surface area contributed by atoms with Gasteiger partial charge in [-0.05, 0) is 61.6 Å². The number of piperidine rings is 1. The van der Waals surface area contributed by atoms with Gasteiger partial charge in [-0.3, -0.25) is 14.5 Å². The second-order valence-corrected chi connectivity index (χ2v) is 10.9. The van der Waals surface area contributed by atoms with Gasteiger partial charge in [-0.1, -0.05) is 25.0 Å². The van der Waals surface area contributed by atoms with E-state index in [0.717, 1.165) is 37.7 Å². The van der Waals surface area contributed by atoms with Gasteiger partial charge in [-0.25, -0.2) is 4.39 Å². The third-order valence-corrected chi connectivity index (χ3v) is 8.93. The van der Waals surface area contributed by atoms with Crippen molar-refractivity contribution in [1.82, 2.24) is 14.7 Å². The van der Waals surface area contributed by atoms with E-state index in [9.17, 15) is 19.2 Å². The lowest BCUT2D eigenvalue weighted by molar-refractivity contribution is -0.142. The Hall–Kier alpha value is -2.50. The molecule has 0 spiro atoms. The Labute approximate surface area is 199 Å². The molecule has 1 unspecified atom stereocenters. The topological polar surface area (TPSA) is 93.7 Å². The van der Waals surface area contributed by atoms with Crippen LogP contribution in [0.25, 0.3) is 0 Å². The van der Waals surface area contributed by atoms with Gasteiger partial charge in [0.1, 0.15) is 11.9 Å². The number of piperazine rings is 1. The minimum absolute atomic E-state index is 0.0177. The van der Waals surface area contributed by atoms with Crippen molar-refractivity contribution in [1.29, 1.82) is 5.26 Å². The molecule has 7 atom stereocenters. The summed E-state index contributed by atoms with van der Waals surface area (Å²) in [5.41, 5.74) is 7.37. The van der Waals surface area contributed by atoms with Gasteiger partial charge in [0.05, 0.1) is 24.2 Å². The molecule has 5 aliphatic rings. The highest BCUT2D eigenvalue weighted by Gasteiger charge is 2.56. The van der Waals surface area contributed by atoms with E-state index in [2.05, 4.69) is 15.9 Å². The van der Waals surface area contributed by atoms with Crippen molar-refractivity contribution in [3.05, 3.63) is 35.6 Å². The molecule has 5 fully saturated rings. The van der Waals surface area contributed by atoms with Crippen molar-refractivity contribution in [2.45, 2.75) is 81.2 Å². The molecule has 180 valence electrons. The van der Waals surface area contributed by atoms with Crippen molar-refractivity contribution in [3.63, 3.8) is 0 Å². The zero-order valence-corrected chi connectivity index (χ0v) is 19.4. The Kier molecular flexibility index (Phi) is 5.38. The van der Waals surface area contributed by atoms with Crippen LogP contribution in [-0.2, 0) is 9.59 Å². The molecule has 2 N–H and O–H groups in total. The van der Waals surface area contributed by atoms with E-state index < -0.39 is 6.04 Å².